The molecule has 5 rings (SSSR count). The number of ketones is 1. The molecule has 0 spiro atoms. The van der Waals surface area contributed by atoms with Crippen LogP contribution in [0.3, 0.4) is 0 Å². The van der Waals surface area contributed by atoms with Gasteiger partial charge in [0.1, 0.15) is 0 Å². The number of anilines is 1. The van der Waals surface area contributed by atoms with Crippen LogP contribution in [0.4, 0.5) is 5.69 Å². The summed E-state index contributed by atoms with van der Waals surface area (Å²) in [7, 11) is 1.94. The van der Waals surface area contributed by atoms with E-state index in [2.05, 4.69) is 15.5 Å². The van der Waals surface area contributed by atoms with E-state index in [4.69, 9.17) is 0 Å². The summed E-state index contributed by atoms with van der Waals surface area (Å²) in [6.45, 7) is 0. The standard InChI is InChI=1S/C25H18N4O2S/c1-29-21-13-7-8-14-22(21)32-25(29)28-27-20-15-19(23(30)18-12-6-5-11-17(18)20)24(31)26-16-9-3-2-4-10-16/h2-15H,1H3,(H,26,31)/b27-20-,28-25-. The summed E-state index contributed by atoms with van der Waals surface area (Å²) in [6, 6.07) is 24.2. The number of hydrogen-bond donors (Lipinski definition) is 1. The Labute approximate surface area is 187 Å². The van der Waals surface area contributed by atoms with Gasteiger partial charge in [0, 0.05) is 23.9 Å². The van der Waals surface area contributed by atoms with Crippen LogP contribution < -0.4 is 10.1 Å². The van der Waals surface area contributed by atoms with Crippen LogP contribution in [0.5, 0.6) is 0 Å². The summed E-state index contributed by atoms with van der Waals surface area (Å²) in [5.41, 5.74) is 3.27. The first-order valence-corrected chi connectivity index (χ1v) is 10.8. The molecule has 1 amide bonds. The van der Waals surface area contributed by atoms with Gasteiger partial charge in [0.05, 0.1) is 21.5 Å². The van der Waals surface area contributed by atoms with Gasteiger partial charge >= 0.3 is 0 Å². The molecule has 1 aromatic heterocycles. The molecule has 0 fully saturated rings. The van der Waals surface area contributed by atoms with Gasteiger partial charge in [0.25, 0.3) is 5.91 Å². The predicted molar refractivity (Wildman–Crippen MR) is 127 cm³/mol. The second-order valence-electron chi connectivity index (χ2n) is 7.25. The van der Waals surface area contributed by atoms with Gasteiger partial charge in [-0.1, -0.05) is 65.9 Å². The molecule has 0 atom stereocenters. The Kier molecular flexibility index (Phi) is 5.09. The van der Waals surface area contributed by atoms with Crippen LogP contribution >= 0.6 is 11.3 Å². The van der Waals surface area contributed by atoms with Gasteiger partial charge in [-0.3, -0.25) is 9.59 Å². The maximum absolute atomic E-state index is 13.0. The van der Waals surface area contributed by atoms with E-state index in [9.17, 15) is 9.59 Å². The Balaban J connectivity index is 1.59. The average Bonchev–Trinajstić information content (AvgIpc) is 3.15. The lowest BCUT2D eigenvalue weighted by Gasteiger charge is -2.16. The summed E-state index contributed by atoms with van der Waals surface area (Å²) in [4.78, 5) is 26.6. The van der Waals surface area contributed by atoms with Gasteiger partial charge in [-0.15, -0.1) is 10.2 Å². The van der Waals surface area contributed by atoms with E-state index < -0.39 is 5.91 Å². The fraction of sp³-hybridized carbons (Fsp3) is 0.0400. The van der Waals surface area contributed by atoms with Crippen molar-refractivity contribution in [1.29, 1.82) is 0 Å². The van der Waals surface area contributed by atoms with E-state index in [0.717, 1.165) is 15.0 Å². The molecule has 1 aliphatic rings. The summed E-state index contributed by atoms with van der Waals surface area (Å²) < 4.78 is 3.07. The summed E-state index contributed by atoms with van der Waals surface area (Å²) in [5, 5.41) is 11.7. The van der Waals surface area contributed by atoms with Crippen molar-refractivity contribution in [2.24, 2.45) is 17.3 Å². The van der Waals surface area contributed by atoms with Gasteiger partial charge in [-0.05, 0) is 30.3 Å². The van der Waals surface area contributed by atoms with Crippen molar-refractivity contribution in [2.75, 3.05) is 5.32 Å². The summed E-state index contributed by atoms with van der Waals surface area (Å²) in [5.74, 6) is -0.809. The van der Waals surface area contributed by atoms with E-state index in [0.29, 0.717) is 22.5 Å². The first kappa shape index (κ1) is 19.8. The number of aryl methyl sites for hydroxylation is 1. The number of thiazole rings is 1. The molecule has 0 unspecified atom stereocenters. The number of amides is 1. The van der Waals surface area contributed by atoms with Crippen molar-refractivity contribution in [3.05, 3.63) is 106 Å². The van der Waals surface area contributed by atoms with Crippen molar-refractivity contribution in [3.63, 3.8) is 0 Å². The molecule has 1 N–H and O–H groups in total. The van der Waals surface area contributed by atoms with Crippen LogP contribution in [0, 0.1) is 0 Å². The molecule has 0 saturated heterocycles. The van der Waals surface area contributed by atoms with Crippen LogP contribution in [-0.4, -0.2) is 22.0 Å². The molecule has 156 valence electrons. The van der Waals surface area contributed by atoms with Crippen LogP contribution in [0.15, 0.2) is 101 Å². The number of Topliss-reactive ketones (excluding diaryl/α,β-unsaturated/α-hetero) is 1. The Bertz CT molecular complexity index is 1490. The predicted octanol–water partition coefficient (Wildman–Crippen LogP) is 4.31. The molecule has 0 radical (unpaired) electrons. The minimum atomic E-state index is -0.476. The number of benzene rings is 3. The lowest BCUT2D eigenvalue weighted by molar-refractivity contribution is -0.112. The number of carbonyl (C=O) groups is 2. The van der Waals surface area contributed by atoms with Crippen molar-refractivity contribution >= 4 is 44.6 Å². The van der Waals surface area contributed by atoms with E-state index in [1.165, 1.54) is 17.4 Å². The molecule has 4 aromatic rings. The molecular weight excluding hydrogens is 420 g/mol. The summed E-state index contributed by atoms with van der Waals surface area (Å²) >= 11 is 1.53. The number of nitrogens with zero attached hydrogens (tertiary/aromatic N) is 3. The fourth-order valence-corrected chi connectivity index (χ4v) is 4.55. The molecule has 0 saturated carbocycles. The molecule has 0 bridgehead atoms. The average molecular weight is 439 g/mol. The molecule has 6 nitrogen and oxygen atoms in total. The van der Waals surface area contributed by atoms with Gasteiger partial charge in [0.15, 0.2) is 5.78 Å². The van der Waals surface area contributed by atoms with E-state index in [1.807, 2.05) is 66.2 Å². The SMILES string of the molecule is Cn1/c(=N/N=C2/C=C(C(=O)Nc3ccccc3)C(=O)c3ccccc32)sc2ccccc21. The van der Waals surface area contributed by atoms with E-state index >= 15 is 0 Å². The maximum atomic E-state index is 13.0. The second kappa shape index (κ2) is 8.20. The molecular formula is C25H18N4O2S. The monoisotopic (exact) mass is 438 g/mol. The zero-order chi connectivity index (χ0) is 22.1. The Morgan fingerprint density at radius 2 is 1.56 bits per heavy atom. The van der Waals surface area contributed by atoms with Crippen LogP contribution in [0.25, 0.3) is 10.2 Å². The van der Waals surface area contributed by atoms with Crippen LogP contribution in [0.1, 0.15) is 15.9 Å². The molecule has 0 aliphatic heterocycles. The number of aromatic nitrogens is 1. The van der Waals surface area contributed by atoms with E-state index in [-0.39, 0.29) is 11.4 Å². The van der Waals surface area contributed by atoms with Crippen LogP contribution in [0.2, 0.25) is 0 Å². The Morgan fingerprint density at radius 3 is 2.34 bits per heavy atom. The first-order valence-electron chi connectivity index (χ1n) is 10.0. The number of nitrogens with one attached hydrogen (secondary N) is 1. The minimum Gasteiger partial charge on any atom is -0.322 e. The zero-order valence-corrected chi connectivity index (χ0v) is 18.0. The Morgan fingerprint density at radius 1 is 0.875 bits per heavy atom. The normalized spacial score (nSPS) is 15.0. The van der Waals surface area contributed by atoms with Gasteiger partial charge in [-0.25, -0.2) is 0 Å². The molecule has 3 aromatic carbocycles. The van der Waals surface area contributed by atoms with Crippen molar-refractivity contribution in [1.82, 2.24) is 4.57 Å². The third-order valence-electron chi connectivity index (χ3n) is 5.21. The highest BCUT2D eigenvalue weighted by Gasteiger charge is 2.28. The lowest BCUT2D eigenvalue weighted by Crippen LogP contribution is -2.26. The quantitative estimate of drug-likeness (QED) is 0.382. The number of para-hydroxylation sites is 2. The Hall–Kier alpha value is -4.10. The zero-order valence-electron chi connectivity index (χ0n) is 17.1. The minimum absolute atomic E-state index is 0.0298. The number of carbonyl (C=O) groups excluding carboxylic acids is 2. The first-order chi connectivity index (χ1) is 15.6. The molecule has 1 aliphatic carbocycles. The smallest absolute Gasteiger partial charge is 0.259 e. The maximum Gasteiger partial charge on any atom is 0.259 e. The van der Waals surface area contributed by atoms with Crippen molar-refractivity contribution in [3.8, 4) is 0 Å². The third kappa shape index (κ3) is 3.59. The van der Waals surface area contributed by atoms with Gasteiger partial charge < -0.3 is 9.88 Å². The summed E-state index contributed by atoms with van der Waals surface area (Å²) in [6.07, 6.45) is 1.51. The number of hydrogen-bond acceptors (Lipinski definition) is 5. The molecule has 7 heteroatoms. The lowest BCUT2D eigenvalue weighted by atomic mass is 9.88. The van der Waals surface area contributed by atoms with Gasteiger partial charge in [-0.2, -0.15) is 0 Å². The van der Waals surface area contributed by atoms with E-state index in [1.54, 1.807) is 24.3 Å². The van der Waals surface area contributed by atoms with Crippen molar-refractivity contribution < 1.29 is 9.59 Å². The number of fused-ring (bicyclic) bond motifs is 2. The highest BCUT2D eigenvalue weighted by atomic mass is 32.1. The van der Waals surface area contributed by atoms with Crippen molar-refractivity contribution in [2.45, 2.75) is 0 Å². The second-order valence-corrected chi connectivity index (χ2v) is 8.26. The number of rotatable bonds is 3. The molecule has 1 heterocycles. The largest absolute Gasteiger partial charge is 0.322 e. The highest BCUT2D eigenvalue weighted by molar-refractivity contribution is 7.16. The fourth-order valence-electron chi connectivity index (χ4n) is 3.58. The topological polar surface area (TPSA) is 75.8 Å². The highest BCUT2D eigenvalue weighted by Crippen LogP contribution is 2.23. The third-order valence-corrected chi connectivity index (χ3v) is 6.31. The molecule has 32 heavy (non-hydrogen) atoms. The van der Waals surface area contributed by atoms with Gasteiger partial charge in [0.2, 0.25) is 4.80 Å². The van der Waals surface area contributed by atoms with Crippen LogP contribution in [-0.2, 0) is 11.8 Å². The number of allylic oxidation sites excluding steroid dienone is 1.